The van der Waals surface area contributed by atoms with Gasteiger partial charge in [0.1, 0.15) is 12.6 Å². The molecule has 0 aromatic carbocycles. The second kappa shape index (κ2) is 28.7. The fourth-order valence-corrected chi connectivity index (χ4v) is 4.51. The minimum atomic E-state index is -1.13. The van der Waals surface area contributed by atoms with Crippen LogP contribution in [0.2, 0.25) is 0 Å². The number of hydrogen-bond acceptors (Lipinski definition) is 7. The number of aliphatic carboxylic acids is 1. The lowest BCUT2D eigenvalue weighted by Crippen LogP contribution is -2.55. The SMILES string of the molecule is CC/C=C\C/C=C\C/C=C\C/C=C\CCCCCCCCC(=O)OC(COCCC(C(=O)[O-])[N+](C)(C)C)COC(=O)CCCC. The van der Waals surface area contributed by atoms with Crippen molar-refractivity contribution in [1.82, 2.24) is 0 Å². The van der Waals surface area contributed by atoms with Crippen LogP contribution in [-0.4, -0.2) is 75.5 Å². The number of carbonyl (C=O) groups is 3. The number of likely N-dealkylation sites (N-methyl/N-ethyl adjacent to an activating group) is 1. The van der Waals surface area contributed by atoms with Gasteiger partial charge >= 0.3 is 11.9 Å². The maximum Gasteiger partial charge on any atom is 0.306 e. The molecule has 0 aromatic heterocycles. The molecule has 0 fully saturated rings. The van der Waals surface area contributed by atoms with Gasteiger partial charge in [0.2, 0.25) is 0 Å². The average molecular weight is 634 g/mol. The first-order valence-corrected chi connectivity index (χ1v) is 17.2. The van der Waals surface area contributed by atoms with Gasteiger partial charge < -0.3 is 28.6 Å². The van der Waals surface area contributed by atoms with Crippen LogP contribution in [0, 0.1) is 0 Å². The Morgan fingerprint density at radius 3 is 1.82 bits per heavy atom. The molecule has 8 heteroatoms. The number of allylic oxidation sites excluding steroid dienone is 8. The molecule has 258 valence electrons. The van der Waals surface area contributed by atoms with E-state index in [9.17, 15) is 19.5 Å². The number of unbranched alkanes of at least 4 members (excludes halogenated alkanes) is 7. The summed E-state index contributed by atoms with van der Waals surface area (Å²) in [5.41, 5.74) is 0. The molecule has 8 nitrogen and oxygen atoms in total. The molecule has 0 amide bonds. The number of hydrogen-bond donors (Lipinski definition) is 0. The molecule has 0 aliphatic rings. The fraction of sp³-hybridized carbons (Fsp3) is 0.703. The summed E-state index contributed by atoms with van der Waals surface area (Å²) in [6.45, 7) is 4.26. The van der Waals surface area contributed by atoms with Crippen molar-refractivity contribution < 1.29 is 38.2 Å². The minimum absolute atomic E-state index is 0.0307. The second-order valence-corrected chi connectivity index (χ2v) is 12.4. The number of ether oxygens (including phenoxy) is 3. The van der Waals surface area contributed by atoms with Crippen LogP contribution in [0.3, 0.4) is 0 Å². The number of nitrogens with zero attached hydrogens (tertiary/aromatic N) is 1. The zero-order chi connectivity index (χ0) is 33.6. The molecule has 45 heavy (non-hydrogen) atoms. The lowest BCUT2D eigenvalue weighted by atomic mass is 10.1. The van der Waals surface area contributed by atoms with E-state index in [-0.39, 0.29) is 42.7 Å². The number of quaternary nitrogens is 1. The third-order valence-corrected chi connectivity index (χ3v) is 7.23. The molecule has 0 aliphatic carbocycles. The first-order valence-electron chi connectivity index (χ1n) is 17.2. The van der Waals surface area contributed by atoms with E-state index >= 15 is 0 Å². The van der Waals surface area contributed by atoms with Crippen LogP contribution in [0.4, 0.5) is 0 Å². The Morgan fingerprint density at radius 1 is 0.689 bits per heavy atom. The molecule has 0 heterocycles. The summed E-state index contributed by atoms with van der Waals surface area (Å²) in [4.78, 5) is 35.9. The zero-order valence-electron chi connectivity index (χ0n) is 29.0. The largest absolute Gasteiger partial charge is 0.544 e. The third-order valence-electron chi connectivity index (χ3n) is 7.23. The lowest BCUT2D eigenvalue weighted by molar-refractivity contribution is -0.889. The van der Waals surface area contributed by atoms with Crippen molar-refractivity contribution in [3.05, 3.63) is 48.6 Å². The number of carbonyl (C=O) groups excluding carboxylic acids is 3. The van der Waals surface area contributed by atoms with Crippen molar-refractivity contribution in [2.45, 2.75) is 129 Å². The van der Waals surface area contributed by atoms with E-state index in [1.54, 1.807) is 21.1 Å². The first kappa shape index (κ1) is 42.3. The summed E-state index contributed by atoms with van der Waals surface area (Å²) >= 11 is 0. The summed E-state index contributed by atoms with van der Waals surface area (Å²) in [5, 5.41) is 11.5. The van der Waals surface area contributed by atoms with Crippen molar-refractivity contribution in [3.8, 4) is 0 Å². The summed E-state index contributed by atoms with van der Waals surface area (Å²) in [5.74, 6) is -1.81. The fourth-order valence-electron chi connectivity index (χ4n) is 4.51. The van der Waals surface area contributed by atoms with E-state index in [4.69, 9.17) is 14.2 Å². The Morgan fingerprint density at radius 2 is 1.24 bits per heavy atom. The van der Waals surface area contributed by atoms with Crippen molar-refractivity contribution in [3.63, 3.8) is 0 Å². The molecular weight excluding hydrogens is 570 g/mol. The Labute approximate surface area is 274 Å². The van der Waals surface area contributed by atoms with Gasteiger partial charge in [0.25, 0.3) is 0 Å². The molecular formula is C37H63NO7. The van der Waals surface area contributed by atoms with Gasteiger partial charge in [-0.3, -0.25) is 9.59 Å². The summed E-state index contributed by atoms with van der Waals surface area (Å²) in [6.07, 6.45) is 30.9. The molecule has 0 saturated heterocycles. The molecule has 0 saturated carbocycles. The number of esters is 2. The van der Waals surface area contributed by atoms with Crippen LogP contribution in [0.25, 0.3) is 0 Å². The van der Waals surface area contributed by atoms with E-state index in [0.717, 1.165) is 70.6 Å². The second-order valence-electron chi connectivity index (χ2n) is 12.4. The van der Waals surface area contributed by atoms with Gasteiger partial charge in [0, 0.05) is 19.3 Å². The Balaban J connectivity index is 4.20. The highest BCUT2D eigenvalue weighted by atomic mass is 16.6. The van der Waals surface area contributed by atoms with Crippen LogP contribution < -0.4 is 5.11 Å². The van der Waals surface area contributed by atoms with E-state index in [1.165, 1.54) is 12.8 Å². The van der Waals surface area contributed by atoms with Gasteiger partial charge in [-0.05, 0) is 51.4 Å². The van der Waals surface area contributed by atoms with Crippen LogP contribution in [-0.2, 0) is 28.6 Å². The van der Waals surface area contributed by atoms with Gasteiger partial charge in [-0.15, -0.1) is 0 Å². The van der Waals surface area contributed by atoms with Crippen molar-refractivity contribution in [2.24, 2.45) is 0 Å². The molecule has 0 bridgehead atoms. The van der Waals surface area contributed by atoms with Crippen molar-refractivity contribution >= 4 is 17.9 Å². The number of carboxylic acid groups (broad SMARTS) is 1. The monoisotopic (exact) mass is 633 g/mol. The van der Waals surface area contributed by atoms with Gasteiger partial charge in [0.15, 0.2) is 6.10 Å². The van der Waals surface area contributed by atoms with Gasteiger partial charge in [0.05, 0.1) is 40.3 Å². The Hall–Kier alpha value is -2.71. The highest BCUT2D eigenvalue weighted by Crippen LogP contribution is 2.12. The maximum absolute atomic E-state index is 12.5. The Bertz CT molecular complexity index is 886. The standard InChI is InChI=1S/C37H63NO7/c1-6-8-10-11-12-13-14-15-16-17-18-19-20-21-22-23-24-25-26-28-36(40)45-33(32-44-35(39)27-9-7-2)31-43-30-29-34(37(41)42)38(3,4)5/h8,10,12-13,15-16,18-19,33-34H,6-7,9,11,14,17,20-32H2,1-5H3/b10-8-,13-12-,16-15-,19-18-. The van der Waals surface area contributed by atoms with Crippen LogP contribution in [0.1, 0.15) is 117 Å². The Kier molecular flexibility index (Phi) is 27.0. The molecule has 2 atom stereocenters. The maximum atomic E-state index is 12.5. The zero-order valence-corrected chi connectivity index (χ0v) is 29.0. The molecule has 0 radical (unpaired) electrons. The van der Waals surface area contributed by atoms with Crippen LogP contribution in [0.15, 0.2) is 48.6 Å². The average Bonchev–Trinajstić information content (AvgIpc) is 2.98. The number of carboxylic acids is 1. The van der Waals surface area contributed by atoms with Crippen molar-refractivity contribution in [1.29, 1.82) is 0 Å². The third kappa shape index (κ3) is 27.3. The molecule has 0 N–H and O–H groups in total. The van der Waals surface area contributed by atoms with Gasteiger partial charge in [-0.2, -0.15) is 0 Å². The van der Waals surface area contributed by atoms with E-state index in [2.05, 4.69) is 55.5 Å². The molecule has 0 aliphatic heterocycles. The van der Waals surface area contributed by atoms with E-state index < -0.39 is 18.1 Å². The lowest BCUT2D eigenvalue weighted by Gasteiger charge is -2.34. The summed E-state index contributed by atoms with van der Waals surface area (Å²) < 4.78 is 16.7. The van der Waals surface area contributed by atoms with Gasteiger partial charge in [-0.25, -0.2) is 0 Å². The van der Waals surface area contributed by atoms with Crippen LogP contribution in [0.5, 0.6) is 0 Å². The van der Waals surface area contributed by atoms with Crippen LogP contribution >= 0.6 is 0 Å². The molecule has 0 spiro atoms. The quantitative estimate of drug-likeness (QED) is 0.0387. The van der Waals surface area contributed by atoms with Gasteiger partial charge in [-0.1, -0.05) is 94.6 Å². The summed E-state index contributed by atoms with van der Waals surface area (Å²) in [7, 11) is 5.36. The highest BCUT2D eigenvalue weighted by molar-refractivity contribution is 5.70. The van der Waals surface area contributed by atoms with Crippen molar-refractivity contribution in [2.75, 3.05) is 41.0 Å². The van der Waals surface area contributed by atoms with E-state index in [0.29, 0.717) is 12.8 Å². The van der Waals surface area contributed by atoms with E-state index in [1.807, 2.05) is 6.92 Å². The summed E-state index contributed by atoms with van der Waals surface area (Å²) in [6, 6.07) is -0.724. The smallest absolute Gasteiger partial charge is 0.306 e. The topological polar surface area (TPSA) is 102 Å². The molecule has 2 unspecified atom stereocenters. The number of rotatable bonds is 29. The molecule has 0 aromatic rings. The predicted octanol–water partition coefficient (Wildman–Crippen LogP) is 6.79. The minimum Gasteiger partial charge on any atom is -0.544 e. The first-order chi connectivity index (χ1) is 21.6. The predicted molar refractivity (Wildman–Crippen MR) is 180 cm³/mol. The normalized spacial score (nSPS) is 13.7. The molecule has 0 rings (SSSR count). The highest BCUT2D eigenvalue weighted by Gasteiger charge is 2.25.